The molecule has 3 nitrogen and oxygen atoms in total. The van der Waals surface area contributed by atoms with Gasteiger partial charge in [-0.2, -0.15) is 5.26 Å². The highest BCUT2D eigenvalue weighted by Gasteiger charge is 2.06. The van der Waals surface area contributed by atoms with E-state index in [-0.39, 0.29) is 18.4 Å². The summed E-state index contributed by atoms with van der Waals surface area (Å²) in [6.45, 7) is 2.81. The lowest BCUT2D eigenvalue weighted by molar-refractivity contribution is 0.295. The van der Waals surface area contributed by atoms with Gasteiger partial charge in [0.15, 0.2) is 0 Å². The molecule has 0 saturated carbocycles. The van der Waals surface area contributed by atoms with Crippen LogP contribution in [-0.2, 0) is 0 Å². The van der Waals surface area contributed by atoms with Crippen molar-refractivity contribution in [2.75, 3.05) is 13.2 Å². The second-order valence-electron chi connectivity index (χ2n) is 3.48. The van der Waals surface area contributed by atoms with Crippen LogP contribution in [0.5, 0.6) is 5.75 Å². The van der Waals surface area contributed by atoms with E-state index in [9.17, 15) is 8.78 Å². The van der Waals surface area contributed by atoms with E-state index in [1.54, 1.807) is 0 Å². The van der Waals surface area contributed by atoms with E-state index in [1.165, 1.54) is 0 Å². The summed E-state index contributed by atoms with van der Waals surface area (Å²) < 4.78 is 30.8. The number of rotatable bonds is 6. The van der Waals surface area contributed by atoms with Crippen LogP contribution < -0.4 is 10.1 Å². The molecule has 0 bridgehead atoms. The first kappa shape index (κ1) is 13.4. The normalized spacial score (nSPS) is 11.9. The molecule has 0 aliphatic rings. The molecule has 0 aliphatic heterocycles. The number of hydrogen-bond donors (Lipinski definition) is 1. The summed E-state index contributed by atoms with van der Waals surface area (Å²) >= 11 is 0. The summed E-state index contributed by atoms with van der Waals surface area (Å²) in [5, 5.41) is 11.7. The number of nitriles is 1. The Morgan fingerprint density at radius 3 is 2.53 bits per heavy atom. The van der Waals surface area contributed by atoms with Gasteiger partial charge in [-0.25, -0.2) is 8.78 Å². The number of nitrogens with one attached hydrogen (secondary N) is 1. The maximum Gasteiger partial charge on any atom is 0.129 e. The van der Waals surface area contributed by atoms with Crippen molar-refractivity contribution in [1.82, 2.24) is 5.32 Å². The van der Waals surface area contributed by atoms with Crippen molar-refractivity contribution >= 4 is 0 Å². The predicted molar refractivity (Wildman–Crippen MR) is 59.5 cm³/mol. The maximum absolute atomic E-state index is 12.8. The van der Waals surface area contributed by atoms with Crippen LogP contribution in [0.4, 0.5) is 8.78 Å². The van der Waals surface area contributed by atoms with Crippen LogP contribution in [-0.4, -0.2) is 19.2 Å². The third kappa shape index (κ3) is 4.79. The van der Waals surface area contributed by atoms with Gasteiger partial charge >= 0.3 is 0 Å². The highest BCUT2D eigenvalue weighted by Crippen LogP contribution is 2.15. The van der Waals surface area contributed by atoms with E-state index < -0.39 is 11.6 Å². The van der Waals surface area contributed by atoms with Crippen molar-refractivity contribution in [3.8, 4) is 11.8 Å². The molecule has 92 valence electrons. The van der Waals surface area contributed by atoms with Gasteiger partial charge in [-0.05, 0) is 6.54 Å². The first-order valence-corrected chi connectivity index (χ1v) is 5.37. The highest BCUT2D eigenvalue weighted by molar-refractivity contribution is 5.23. The minimum atomic E-state index is -0.677. The molecule has 0 radical (unpaired) electrons. The minimum Gasteiger partial charge on any atom is -0.493 e. The van der Waals surface area contributed by atoms with Gasteiger partial charge in [-0.3, -0.25) is 0 Å². The number of benzene rings is 1. The second kappa shape index (κ2) is 6.81. The van der Waals surface area contributed by atoms with Crippen molar-refractivity contribution < 1.29 is 13.5 Å². The average Bonchev–Trinajstić information content (AvgIpc) is 2.26. The van der Waals surface area contributed by atoms with E-state index >= 15 is 0 Å². The van der Waals surface area contributed by atoms with Gasteiger partial charge in [-0.1, -0.05) is 6.92 Å². The average molecular weight is 240 g/mol. The fraction of sp³-hybridized carbons (Fsp3) is 0.417. The summed E-state index contributed by atoms with van der Waals surface area (Å²) in [4.78, 5) is 0. The Morgan fingerprint density at radius 2 is 2.00 bits per heavy atom. The van der Waals surface area contributed by atoms with Gasteiger partial charge in [0.2, 0.25) is 0 Å². The molecule has 1 atom stereocenters. The quantitative estimate of drug-likeness (QED) is 0.829. The molecule has 0 heterocycles. The van der Waals surface area contributed by atoms with E-state index in [0.29, 0.717) is 13.0 Å². The molecule has 0 aliphatic carbocycles. The molecule has 17 heavy (non-hydrogen) atoms. The Labute approximate surface area is 99.0 Å². The Kier molecular flexibility index (Phi) is 5.37. The molecule has 0 amide bonds. The van der Waals surface area contributed by atoms with Gasteiger partial charge in [0.05, 0.1) is 18.7 Å². The lowest BCUT2D eigenvalue weighted by Crippen LogP contribution is -2.28. The number of hydrogen-bond acceptors (Lipinski definition) is 3. The van der Waals surface area contributed by atoms with E-state index in [2.05, 4.69) is 11.4 Å². The number of nitrogens with zero attached hydrogens (tertiary/aromatic N) is 1. The molecule has 1 aromatic rings. The minimum absolute atomic E-state index is 0.135. The Hall–Kier alpha value is -1.67. The van der Waals surface area contributed by atoms with Crippen molar-refractivity contribution in [3.63, 3.8) is 0 Å². The van der Waals surface area contributed by atoms with Crippen molar-refractivity contribution in [3.05, 3.63) is 29.8 Å². The van der Waals surface area contributed by atoms with Crippen LogP contribution in [0.3, 0.4) is 0 Å². The molecule has 0 spiro atoms. The van der Waals surface area contributed by atoms with Crippen molar-refractivity contribution in [2.24, 2.45) is 0 Å². The van der Waals surface area contributed by atoms with Crippen LogP contribution in [0.15, 0.2) is 18.2 Å². The molecular formula is C12H14F2N2O. The number of halogens is 2. The van der Waals surface area contributed by atoms with E-state index in [4.69, 9.17) is 10.00 Å². The molecule has 0 aromatic heterocycles. The fourth-order valence-electron chi connectivity index (χ4n) is 1.37. The molecule has 1 N–H and O–H groups in total. The summed E-state index contributed by atoms with van der Waals surface area (Å²) in [6, 6.07) is 4.76. The van der Waals surface area contributed by atoms with Crippen molar-refractivity contribution in [1.29, 1.82) is 5.26 Å². The molecule has 0 saturated heterocycles. The van der Waals surface area contributed by atoms with E-state index in [1.807, 2.05) is 6.92 Å². The second-order valence-corrected chi connectivity index (χ2v) is 3.48. The Balaban J connectivity index is 2.42. The zero-order valence-electron chi connectivity index (χ0n) is 9.54. The van der Waals surface area contributed by atoms with Gasteiger partial charge in [0.25, 0.3) is 0 Å². The molecule has 0 fully saturated rings. The largest absolute Gasteiger partial charge is 0.493 e. The lowest BCUT2D eigenvalue weighted by atomic mass is 10.2. The number of ether oxygens (including phenoxy) is 1. The zero-order valence-corrected chi connectivity index (χ0v) is 9.54. The van der Waals surface area contributed by atoms with Crippen LogP contribution >= 0.6 is 0 Å². The third-order valence-electron chi connectivity index (χ3n) is 2.12. The Bertz CT molecular complexity index is 384. The highest BCUT2D eigenvalue weighted by atomic mass is 19.1. The lowest BCUT2D eigenvalue weighted by Gasteiger charge is -2.10. The summed E-state index contributed by atoms with van der Waals surface area (Å²) in [7, 11) is 0. The van der Waals surface area contributed by atoms with Gasteiger partial charge in [0.1, 0.15) is 17.4 Å². The molecule has 1 aromatic carbocycles. The van der Waals surface area contributed by atoms with Crippen LogP contribution in [0.2, 0.25) is 0 Å². The predicted octanol–water partition coefficient (Wildman–Crippen LogP) is 2.24. The summed E-state index contributed by atoms with van der Waals surface area (Å²) in [5.41, 5.74) is 0. The SMILES string of the molecule is CCNC(C#N)CCOc1cc(F)cc(F)c1. The monoisotopic (exact) mass is 240 g/mol. The van der Waals surface area contributed by atoms with E-state index in [0.717, 1.165) is 18.2 Å². The first-order chi connectivity index (χ1) is 8.15. The van der Waals surface area contributed by atoms with Crippen LogP contribution in [0.25, 0.3) is 0 Å². The molecule has 1 rings (SSSR count). The fourth-order valence-corrected chi connectivity index (χ4v) is 1.37. The molecule has 5 heteroatoms. The molecular weight excluding hydrogens is 226 g/mol. The standard InChI is InChI=1S/C12H14F2N2O/c1-2-16-11(8-15)3-4-17-12-6-9(13)5-10(14)7-12/h5-7,11,16H,2-4H2,1H3. The van der Waals surface area contributed by atoms with Crippen molar-refractivity contribution in [2.45, 2.75) is 19.4 Å². The Morgan fingerprint density at radius 1 is 1.35 bits per heavy atom. The topological polar surface area (TPSA) is 45.0 Å². The van der Waals surface area contributed by atoms with Crippen LogP contribution in [0, 0.1) is 23.0 Å². The maximum atomic E-state index is 12.8. The van der Waals surface area contributed by atoms with Gasteiger partial charge in [0, 0.05) is 24.6 Å². The summed E-state index contributed by atoms with van der Waals surface area (Å²) in [5.74, 6) is -1.22. The van der Waals surface area contributed by atoms with Gasteiger partial charge < -0.3 is 10.1 Å². The third-order valence-corrected chi connectivity index (χ3v) is 2.12. The molecule has 1 unspecified atom stereocenters. The smallest absolute Gasteiger partial charge is 0.129 e. The zero-order chi connectivity index (χ0) is 12.7. The summed E-state index contributed by atoms with van der Waals surface area (Å²) in [6.07, 6.45) is 0.461. The van der Waals surface area contributed by atoms with Gasteiger partial charge in [-0.15, -0.1) is 0 Å². The first-order valence-electron chi connectivity index (χ1n) is 5.37. The van der Waals surface area contributed by atoms with Crippen LogP contribution in [0.1, 0.15) is 13.3 Å².